The third-order valence-electron chi connectivity index (χ3n) is 7.94. The van der Waals surface area contributed by atoms with Crippen LogP contribution < -0.4 is 4.57 Å². The van der Waals surface area contributed by atoms with Gasteiger partial charge in [0.25, 0.3) is 0 Å². The SMILES string of the molecule is CCCCCCCCCCc1cc(CCCCCCCCCC)c[n+](CCCCCCCCCC)c1. The van der Waals surface area contributed by atoms with E-state index in [0.717, 1.165) is 0 Å². The Morgan fingerprint density at radius 1 is 0.389 bits per heavy atom. The van der Waals surface area contributed by atoms with Crippen molar-refractivity contribution in [2.24, 2.45) is 0 Å². The second kappa shape index (κ2) is 25.8. The fourth-order valence-electron chi connectivity index (χ4n) is 5.53. The molecule has 1 aromatic rings. The molecule has 0 aliphatic rings. The van der Waals surface area contributed by atoms with Gasteiger partial charge >= 0.3 is 0 Å². The molecule has 36 heavy (non-hydrogen) atoms. The number of pyridine rings is 1. The first-order chi connectivity index (χ1) is 17.8. The summed E-state index contributed by atoms with van der Waals surface area (Å²) in [6.07, 6.45) is 41.4. The summed E-state index contributed by atoms with van der Waals surface area (Å²) < 4.78 is 2.55. The molecule has 0 amide bonds. The van der Waals surface area contributed by atoms with Crippen LogP contribution in [0.15, 0.2) is 18.5 Å². The van der Waals surface area contributed by atoms with Crippen LogP contribution >= 0.6 is 0 Å². The van der Waals surface area contributed by atoms with Gasteiger partial charge in [0.05, 0.1) is 0 Å². The molecule has 0 N–H and O–H groups in total. The molecule has 210 valence electrons. The zero-order valence-electron chi connectivity index (χ0n) is 25.3. The van der Waals surface area contributed by atoms with Crippen molar-refractivity contribution in [3.8, 4) is 0 Å². The molecule has 0 unspecified atom stereocenters. The maximum atomic E-state index is 2.55. The maximum Gasteiger partial charge on any atom is 0.171 e. The normalized spacial score (nSPS) is 11.4. The van der Waals surface area contributed by atoms with E-state index >= 15 is 0 Å². The van der Waals surface area contributed by atoms with E-state index in [4.69, 9.17) is 0 Å². The standard InChI is InChI=1S/C35H66N/c1-4-7-10-13-16-19-22-25-28-34-31-35(29-26-23-20-17-14-11-8-5-2)33-36(32-34)30-27-24-21-18-15-12-9-6-3/h31-33H,4-30H2,1-3H3/q+1. The second-order valence-corrected chi connectivity index (χ2v) is 11.7. The van der Waals surface area contributed by atoms with Gasteiger partial charge in [-0.1, -0.05) is 149 Å². The van der Waals surface area contributed by atoms with Crippen LogP contribution in [0.4, 0.5) is 0 Å². The molecular weight excluding hydrogens is 434 g/mol. The minimum Gasteiger partial charge on any atom is -0.205 e. The number of nitrogens with zero attached hydrogens (tertiary/aromatic N) is 1. The Kier molecular flexibility index (Phi) is 23.8. The summed E-state index contributed by atoms with van der Waals surface area (Å²) in [6.45, 7) is 8.14. The van der Waals surface area contributed by atoms with Crippen LogP contribution in [0.3, 0.4) is 0 Å². The highest BCUT2D eigenvalue weighted by Gasteiger charge is 2.08. The van der Waals surface area contributed by atoms with Crippen molar-refractivity contribution in [3.63, 3.8) is 0 Å². The van der Waals surface area contributed by atoms with Gasteiger partial charge < -0.3 is 0 Å². The van der Waals surface area contributed by atoms with E-state index in [1.54, 1.807) is 11.1 Å². The molecule has 1 aromatic heterocycles. The van der Waals surface area contributed by atoms with Gasteiger partial charge in [-0.3, -0.25) is 0 Å². The van der Waals surface area contributed by atoms with Crippen LogP contribution in [0.1, 0.15) is 186 Å². The minimum absolute atomic E-state index is 1.21. The largest absolute Gasteiger partial charge is 0.205 e. The molecule has 0 aliphatic heterocycles. The van der Waals surface area contributed by atoms with Crippen LogP contribution in [0, 0.1) is 0 Å². The van der Waals surface area contributed by atoms with Gasteiger partial charge in [0.2, 0.25) is 0 Å². The fourth-order valence-corrected chi connectivity index (χ4v) is 5.53. The van der Waals surface area contributed by atoms with Gasteiger partial charge in [-0.25, -0.2) is 4.57 Å². The van der Waals surface area contributed by atoms with E-state index in [1.165, 1.54) is 173 Å². The number of hydrogen-bond donors (Lipinski definition) is 0. The highest BCUT2D eigenvalue weighted by molar-refractivity contribution is 5.15. The predicted octanol–water partition coefficient (Wildman–Crippen LogP) is 11.5. The summed E-state index contributed by atoms with van der Waals surface area (Å²) in [5.41, 5.74) is 3.19. The minimum atomic E-state index is 1.21. The first kappa shape index (κ1) is 33.2. The van der Waals surface area contributed by atoms with Gasteiger partial charge in [-0.05, 0) is 38.2 Å². The highest BCUT2D eigenvalue weighted by atomic mass is 14.9. The topological polar surface area (TPSA) is 3.88 Å². The first-order valence-corrected chi connectivity index (χ1v) is 16.8. The van der Waals surface area contributed by atoms with Crippen molar-refractivity contribution in [3.05, 3.63) is 29.6 Å². The molecule has 1 heteroatoms. The smallest absolute Gasteiger partial charge is 0.171 e. The van der Waals surface area contributed by atoms with E-state index in [2.05, 4.69) is 43.8 Å². The quantitative estimate of drug-likeness (QED) is 0.0835. The van der Waals surface area contributed by atoms with Crippen LogP contribution in [-0.2, 0) is 19.4 Å². The Balaban J connectivity index is 2.40. The molecule has 0 spiro atoms. The summed E-state index contributed by atoms with van der Waals surface area (Å²) in [5.74, 6) is 0. The average Bonchev–Trinajstić information content (AvgIpc) is 2.89. The molecule has 0 atom stereocenters. The van der Waals surface area contributed by atoms with Crippen molar-refractivity contribution in [2.75, 3.05) is 0 Å². The lowest BCUT2D eigenvalue weighted by Gasteiger charge is -2.07. The molecule has 0 saturated carbocycles. The molecule has 0 aromatic carbocycles. The van der Waals surface area contributed by atoms with E-state index in [9.17, 15) is 0 Å². The Morgan fingerprint density at radius 2 is 0.694 bits per heavy atom. The third kappa shape index (κ3) is 20.2. The van der Waals surface area contributed by atoms with Crippen molar-refractivity contribution in [2.45, 2.75) is 194 Å². The molecular formula is C35H66N+. The van der Waals surface area contributed by atoms with Crippen molar-refractivity contribution in [1.82, 2.24) is 0 Å². The summed E-state index contributed by atoms with van der Waals surface area (Å²) in [7, 11) is 0. The van der Waals surface area contributed by atoms with E-state index in [0.29, 0.717) is 0 Å². The predicted molar refractivity (Wildman–Crippen MR) is 162 cm³/mol. The van der Waals surface area contributed by atoms with Crippen LogP contribution in [-0.4, -0.2) is 0 Å². The second-order valence-electron chi connectivity index (χ2n) is 11.7. The number of aromatic nitrogens is 1. The summed E-state index contributed by atoms with van der Waals surface area (Å²) in [5, 5.41) is 0. The lowest BCUT2D eigenvalue weighted by atomic mass is 10.0. The van der Waals surface area contributed by atoms with Crippen molar-refractivity contribution < 1.29 is 4.57 Å². The summed E-state index contributed by atoms with van der Waals surface area (Å²) in [4.78, 5) is 0. The van der Waals surface area contributed by atoms with Gasteiger partial charge in [0, 0.05) is 17.5 Å². The molecule has 0 aliphatic carbocycles. The van der Waals surface area contributed by atoms with Crippen molar-refractivity contribution in [1.29, 1.82) is 0 Å². The summed E-state index contributed by atoms with van der Waals surface area (Å²) >= 11 is 0. The molecule has 0 bridgehead atoms. The Morgan fingerprint density at radius 3 is 1.06 bits per heavy atom. The Hall–Kier alpha value is -0.850. The Bertz CT molecular complexity index is 485. The molecule has 0 saturated heterocycles. The van der Waals surface area contributed by atoms with Gasteiger partial charge in [0.15, 0.2) is 12.4 Å². The molecule has 0 fully saturated rings. The van der Waals surface area contributed by atoms with Gasteiger partial charge in [0.1, 0.15) is 6.54 Å². The summed E-state index contributed by atoms with van der Waals surface area (Å²) in [6, 6.07) is 2.55. The molecule has 1 nitrogen and oxygen atoms in total. The zero-order valence-corrected chi connectivity index (χ0v) is 25.3. The molecule has 0 radical (unpaired) electrons. The fraction of sp³-hybridized carbons (Fsp3) is 0.857. The monoisotopic (exact) mass is 501 g/mol. The van der Waals surface area contributed by atoms with Crippen LogP contribution in [0.5, 0.6) is 0 Å². The van der Waals surface area contributed by atoms with E-state index < -0.39 is 0 Å². The van der Waals surface area contributed by atoms with E-state index in [1.807, 2.05) is 0 Å². The third-order valence-corrected chi connectivity index (χ3v) is 7.94. The first-order valence-electron chi connectivity index (χ1n) is 16.8. The number of aryl methyl sites for hydroxylation is 3. The lowest BCUT2D eigenvalue weighted by molar-refractivity contribution is -0.698. The highest BCUT2D eigenvalue weighted by Crippen LogP contribution is 2.15. The van der Waals surface area contributed by atoms with Gasteiger partial charge in [-0.2, -0.15) is 0 Å². The molecule has 1 rings (SSSR count). The number of hydrogen-bond acceptors (Lipinski definition) is 0. The average molecular weight is 501 g/mol. The maximum absolute atomic E-state index is 2.55. The zero-order chi connectivity index (χ0) is 25.9. The number of rotatable bonds is 27. The number of unbranched alkanes of at least 4 members (excludes halogenated alkanes) is 21. The lowest BCUT2D eigenvalue weighted by Crippen LogP contribution is -2.34. The van der Waals surface area contributed by atoms with E-state index in [-0.39, 0.29) is 0 Å². The van der Waals surface area contributed by atoms with Crippen LogP contribution in [0.2, 0.25) is 0 Å². The van der Waals surface area contributed by atoms with Crippen molar-refractivity contribution >= 4 is 0 Å². The van der Waals surface area contributed by atoms with Gasteiger partial charge in [-0.15, -0.1) is 0 Å². The Labute approximate surface area is 228 Å². The van der Waals surface area contributed by atoms with Crippen LogP contribution in [0.25, 0.3) is 0 Å². The molecule has 1 heterocycles.